The van der Waals surface area contributed by atoms with E-state index in [4.69, 9.17) is 0 Å². The topological polar surface area (TPSA) is 0 Å². The first-order valence-electron chi connectivity index (χ1n) is 4.61. The molecule has 0 N–H and O–H groups in total. The van der Waals surface area contributed by atoms with Crippen molar-refractivity contribution < 1.29 is 0 Å². The number of allylic oxidation sites excluding steroid dienone is 1. The zero-order valence-corrected chi connectivity index (χ0v) is 9.26. The average Bonchev–Trinajstić information content (AvgIpc) is 2.08. The summed E-state index contributed by atoms with van der Waals surface area (Å²) in [6.45, 7) is 12.3. The van der Waals surface area contributed by atoms with Crippen LogP contribution in [-0.2, 0) is 0 Å². The molecule has 0 bridgehead atoms. The first-order valence-corrected chi connectivity index (χ1v) is 5.60. The van der Waals surface area contributed by atoms with Gasteiger partial charge in [0.05, 0.1) is 0 Å². The summed E-state index contributed by atoms with van der Waals surface area (Å²) in [6.07, 6.45) is 3.74. The summed E-state index contributed by atoms with van der Waals surface area (Å²) < 4.78 is 0. The van der Waals surface area contributed by atoms with Gasteiger partial charge in [-0.1, -0.05) is 40.7 Å². The van der Waals surface area contributed by atoms with Gasteiger partial charge in [0.25, 0.3) is 0 Å². The highest BCUT2D eigenvalue weighted by Gasteiger charge is 1.89. The molecule has 0 saturated carbocycles. The van der Waals surface area contributed by atoms with Gasteiger partial charge in [0.1, 0.15) is 0 Å². The molecule has 0 spiro atoms. The lowest BCUT2D eigenvalue weighted by Crippen LogP contribution is -1.77. The largest absolute Gasteiger partial charge is 0.131 e. The van der Waals surface area contributed by atoms with Crippen molar-refractivity contribution in [2.24, 2.45) is 0 Å². The first kappa shape index (κ1) is 13.7. The molecule has 0 aliphatic rings. The van der Waals surface area contributed by atoms with Crippen molar-refractivity contribution in [1.29, 1.82) is 0 Å². The van der Waals surface area contributed by atoms with Gasteiger partial charge in [-0.05, 0) is 23.5 Å². The fraction of sp³-hybridized carbons (Fsp3) is 0.800. The second-order valence-corrected chi connectivity index (χ2v) is 3.37. The maximum absolute atomic E-state index is 3.91. The van der Waals surface area contributed by atoms with Gasteiger partial charge in [-0.15, -0.1) is 11.8 Å². The van der Waals surface area contributed by atoms with E-state index in [2.05, 4.69) is 20.4 Å². The lowest BCUT2D eigenvalue weighted by atomic mass is 10.4. The van der Waals surface area contributed by atoms with Crippen LogP contribution in [0.2, 0.25) is 0 Å². The predicted octanol–water partition coefficient (Wildman–Crippen LogP) is 4.47. The van der Waals surface area contributed by atoms with Crippen LogP contribution in [0.5, 0.6) is 0 Å². The zero-order chi connectivity index (χ0) is 9.11. The minimum atomic E-state index is 1.12. The second-order valence-electron chi connectivity index (χ2n) is 2.09. The molecule has 0 aromatic carbocycles. The van der Waals surface area contributed by atoms with Crippen LogP contribution in [0, 0.1) is 0 Å². The van der Waals surface area contributed by atoms with Crippen molar-refractivity contribution in [3.63, 3.8) is 0 Å². The van der Waals surface area contributed by atoms with Crippen LogP contribution in [0.4, 0.5) is 0 Å². The molecule has 0 rings (SSSR count). The van der Waals surface area contributed by atoms with E-state index in [0.29, 0.717) is 0 Å². The van der Waals surface area contributed by atoms with E-state index in [1.165, 1.54) is 23.5 Å². The number of hydrogen-bond donors (Lipinski definition) is 0. The molecule has 0 saturated heterocycles. The zero-order valence-electron chi connectivity index (χ0n) is 8.44. The van der Waals surface area contributed by atoms with Gasteiger partial charge in [0, 0.05) is 0 Å². The standard InChI is InChI=1S/C8H16S.C2H6/c1-4-6-7-9-8(3)5-2;1-2/h3-7H2,1-2H3;1-2H3. The third-order valence-corrected chi connectivity index (χ3v) is 2.39. The lowest BCUT2D eigenvalue weighted by molar-refractivity contribution is 0.897. The van der Waals surface area contributed by atoms with E-state index < -0.39 is 0 Å². The molecule has 0 fully saturated rings. The third-order valence-electron chi connectivity index (χ3n) is 1.20. The van der Waals surface area contributed by atoms with Crippen LogP contribution < -0.4 is 0 Å². The summed E-state index contributed by atoms with van der Waals surface area (Å²) in [5, 5.41) is 0. The molecule has 0 aliphatic carbocycles. The number of thioether (sulfide) groups is 1. The van der Waals surface area contributed by atoms with Gasteiger partial charge < -0.3 is 0 Å². The van der Waals surface area contributed by atoms with Crippen molar-refractivity contribution in [3.8, 4) is 0 Å². The molecule has 0 radical (unpaired) electrons. The Balaban J connectivity index is 0. The Labute approximate surface area is 76.5 Å². The van der Waals surface area contributed by atoms with Crippen LogP contribution in [0.1, 0.15) is 47.0 Å². The Hall–Kier alpha value is 0.0900. The van der Waals surface area contributed by atoms with E-state index in [1.54, 1.807) is 0 Å². The minimum Gasteiger partial charge on any atom is -0.131 e. The molecule has 0 aliphatic heterocycles. The highest BCUT2D eigenvalue weighted by Crippen LogP contribution is 2.17. The Morgan fingerprint density at radius 2 is 1.82 bits per heavy atom. The normalized spacial score (nSPS) is 8.36. The molecule has 0 nitrogen and oxygen atoms in total. The minimum absolute atomic E-state index is 1.12. The SMILES string of the molecule is C=C(CC)SCCCC.CC. The fourth-order valence-electron chi connectivity index (χ4n) is 0.463. The monoisotopic (exact) mass is 174 g/mol. The van der Waals surface area contributed by atoms with Crippen molar-refractivity contribution in [1.82, 2.24) is 0 Å². The quantitative estimate of drug-likeness (QED) is 0.554. The molecule has 0 unspecified atom stereocenters. The second kappa shape index (κ2) is 12.7. The predicted molar refractivity (Wildman–Crippen MR) is 58.1 cm³/mol. The maximum Gasteiger partial charge on any atom is -0.00236 e. The molecule has 11 heavy (non-hydrogen) atoms. The van der Waals surface area contributed by atoms with Gasteiger partial charge in [-0.25, -0.2) is 0 Å². The van der Waals surface area contributed by atoms with Crippen LogP contribution in [0.3, 0.4) is 0 Å². The summed E-state index contributed by atoms with van der Waals surface area (Å²) >= 11 is 1.91. The van der Waals surface area contributed by atoms with Gasteiger partial charge in [-0.2, -0.15) is 0 Å². The van der Waals surface area contributed by atoms with Crippen LogP contribution >= 0.6 is 11.8 Å². The fourth-order valence-corrected chi connectivity index (χ4v) is 1.39. The third kappa shape index (κ3) is 13.1. The first-order chi connectivity index (χ1) is 5.31. The molecule has 0 atom stereocenters. The van der Waals surface area contributed by atoms with E-state index in [9.17, 15) is 0 Å². The summed E-state index contributed by atoms with van der Waals surface area (Å²) in [5.74, 6) is 1.25. The maximum atomic E-state index is 3.91. The number of rotatable bonds is 5. The Morgan fingerprint density at radius 3 is 2.18 bits per heavy atom. The summed E-state index contributed by atoms with van der Waals surface area (Å²) in [4.78, 5) is 1.32. The Kier molecular flexibility index (Phi) is 15.8. The number of hydrogen-bond acceptors (Lipinski definition) is 1. The summed E-state index contributed by atoms with van der Waals surface area (Å²) in [6, 6.07) is 0. The van der Waals surface area contributed by atoms with E-state index in [-0.39, 0.29) is 0 Å². The van der Waals surface area contributed by atoms with E-state index >= 15 is 0 Å². The van der Waals surface area contributed by atoms with Gasteiger partial charge >= 0.3 is 0 Å². The summed E-state index contributed by atoms with van der Waals surface area (Å²) in [7, 11) is 0. The number of unbranched alkanes of at least 4 members (excludes halogenated alkanes) is 1. The van der Waals surface area contributed by atoms with Gasteiger partial charge in [-0.3, -0.25) is 0 Å². The van der Waals surface area contributed by atoms with Gasteiger partial charge in [0.15, 0.2) is 0 Å². The van der Waals surface area contributed by atoms with E-state index in [0.717, 1.165) is 6.42 Å². The van der Waals surface area contributed by atoms with Crippen molar-refractivity contribution in [3.05, 3.63) is 11.5 Å². The smallest absolute Gasteiger partial charge is 0.00236 e. The van der Waals surface area contributed by atoms with Crippen LogP contribution in [-0.4, -0.2) is 5.75 Å². The highest BCUT2D eigenvalue weighted by atomic mass is 32.2. The molecule has 0 amide bonds. The molecule has 0 aromatic rings. The summed E-state index contributed by atoms with van der Waals surface area (Å²) in [5.41, 5.74) is 0. The molecule has 68 valence electrons. The molecule has 0 aromatic heterocycles. The van der Waals surface area contributed by atoms with Crippen LogP contribution in [0.25, 0.3) is 0 Å². The van der Waals surface area contributed by atoms with Crippen molar-refractivity contribution in [2.75, 3.05) is 5.75 Å². The molecular weight excluding hydrogens is 152 g/mol. The van der Waals surface area contributed by atoms with Gasteiger partial charge in [0.2, 0.25) is 0 Å². The molecule has 1 heteroatoms. The Morgan fingerprint density at radius 1 is 1.27 bits per heavy atom. The van der Waals surface area contributed by atoms with Crippen LogP contribution in [0.15, 0.2) is 11.5 Å². The molecule has 0 heterocycles. The van der Waals surface area contributed by atoms with Crippen molar-refractivity contribution in [2.45, 2.75) is 47.0 Å². The Bertz CT molecular complexity index is 76.9. The molecular formula is C10H22S. The average molecular weight is 174 g/mol. The highest BCUT2D eigenvalue weighted by molar-refractivity contribution is 8.03. The van der Waals surface area contributed by atoms with Crippen molar-refractivity contribution >= 4 is 11.8 Å². The lowest BCUT2D eigenvalue weighted by Gasteiger charge is -1.98. The van der Waals surface area contributed by atoms with E-state index in [1.807, 2.05) is 25.6 Å².